The molecule has 0 spiro atoms. The maximum absolute atomic E-state index is 12.1. The second-order valence-corrected chi connectivity index (χ2v) is 6.98. The third-order valence-corrected chi connectivity index (χ3v) is 4.79. The lowest BCUT2D eigenvalue weighted by Crippen LogP contribution is -2.51. The number of aromatic nitrogens is 2. The monoisotopic (exact) mass is 363 g/mol. The van der Waals surface area contributed by atoms with Gasteiger partial charge in [-0.15, -0.1) is 0 Å². The number of fused-ring (bicyclic) bond motifs is 1. The van der Waals surface area contributed by atoms with Crippen molar-refractivity contribution in [2.24, 2.45) is 0 Å². The minimum atomic E-state index is 0.0677. The Bertz CT molecular complexity index is 709. The van der Waals surface area contributed by atoms with Crippen molar-refractivity contribution in [1.29, 1.82) is 0 Å². The number of rotatable bonds is 6. The first-order chi connectivity index (χ1) is 12.2. The van der Waals surface area contributed by atoms with Gasteiger partial charge in [-0.05, 0) is 18.6 Å². The molecule has 1 saturated heterocycles. The van der Waals surface area contributed by atoms with Crippen molar-refractivity contribution in [3.8, 4) is 0 Å². The highest BCUT2D eigenvalue weighted by molar-refractivity contribution is 6.30. The fourth-order valence-corrected chi connectivity index (χ4v) is 3.28. The molecule has 25 heavy (non-hydrogen) atoms. The first kappa shape index (κ1) is 18.0. The molecule has 0 bridgehead atoms. The van der Waals surface area contributed by atoms with E-state index in [9.17, 15) is 4.79 Å². The maximum atomic E-state index is 12.1. The molecule has 0 aromatic carbocycles. The molecule has 1 aliphatic rings. The van der Waals surface area contributed by atoms with Crippen molar-refractivity contribution in [2.75, 3.05) is 32.7 Å². The summed E-state index contributed by atoms with van der Waals surface area (Å²) >= 11 is 6.02. The number of piperazine rings is 1. The van der Waals surface area contributed by atoms with E-state index in [0.29, 0.717) is 5.02 Å². The number of hydrogen-bond acceptors (Lipinski definition) is 3. The fraction of sp³-hybridized carbons (Fsp3) is 0.556. The molecule has 7 heteroatoms. The predicted octanol–water partition coefficient (Wildman–Crippen LogP) is 3.01. The molecule has 0 unspecified atom stereocenters. The lowest BCUT2D eigenvalue weighted by molar-refractivity contribution is 0.134. The van der Waals surface area contributed by atoms with Gasteiger partial charge in [-0.2, -0.15) is 0 Å². The van der Waals surface area contributed by atoms with E-state index < -0.39 is 0 Å². The first-order valence-corrected chi connectivity index (χ1v) is 9.42. The average Bonchev–Trinajstić information content (AvgIpc) is 3.00. The van der Waals surface area contributed by atoms with Gasteiger partial charge in [-0.1, -0.05) is 31.4 Å². The van der Waals surface area contributed by atoms with E-state index in [2.05, 4.69) is 22.1 Å². The highest BCUT2D eigenvalue weighted by Gasteiger charge is 2.21. The summed E-state index contributed by atoms with van der Waals surface area (Å²) in [5.74, 6) is 0. The quantitative estimate of drug-likeness (QED) is 0.803. The van der Waals surface area contributed by atoms with Crippen molar-refractivity contribution < 1.29 is 4.79 Å². The Morgan fingerprint density at radius 2 is 2.00 bits per heavy atom. The molecular weight excluding hydrogens is 338 g/mol. The molecular formula is C18H26ClN5O. The zero-order chi connectivity index (χ0) is 17.6. The summed E-state index contributed by atoms with van der Waals surface area (Å²) in [4.78, 5) is 21.0. The summed E-state index contributed by atoms with van der Waals surface area (Å²) < 4.78 is 1.96. The molecule has 3 rings (SSSR count). The average molecular weight is 364 g/mol. The van der Waals surface area contributed by atoms with Crippen LogP contribution in [0.25, 0.3) is 5.65 Å². The van der Waals surface area contributed by atoms with E-state index in [1.165, 1.54) is 6.42 Å². The van der Waals surface area contributed by atoms with Crippen molar-refractivity contribution in [1.82, 2.24) is 24.5 Å². The summed E-state index contributed by atoms with van der Waals surface area (Å²) in [6, 6.07) is 3.84. The molecule has 1 N–H and O–H groups in total. The number of unbranched alkanes of at least 4 members (excludes halogenated alkanes) is 2. The van der Waals surface area contributed by atoms with Gasteiger partial charge < -0.3 is 14.6 Å². The molecule has 0 atom stereocenters. The Morgan fingerprint density at radius 3 is 2.76 bits per heavy atom. The van der Waals surface area contributed by atoms with Crippen molar-refractivity contribution in [3.63, 3.8) is 0 Å². The van der Waals surface area contributed by atoms with Gasteiger partial charge in [0.15, 0.2) is 0 Å². The van der Waals surface area contributed by atoms with Crippen LogP contribution in [0.4, 0.5) is 4.79 Å². The summed E-state index contributed by atoms with van der Waals surface area (Å²) in [5.41, 5.74) is 1.93. The van der Waals surface area contributed by atoms with Gasteiger partial charge in [-0.25, -0.2) is 9.78 Å². The first-order valence-electron chi connectivity index (χ1n) is 9.04. The molecule has 1 fully saturated rings. The van der Waals surface area contributed by atoms with Gasteiger partial charge in [0.1, 0.15) is 5.65 Å². The molecule has 3 heterocycles. The number of nitrogens with zero attached hydrogens (tertiary/aromatic N) is 4. The Balaban J connectivity index is 1.46. The number of carbonyl (C=O) groups excluding carboxylic acids is 1. The zero-order valence-electron chi connectivity index (χ0n) is 14.7. The number of urea groups is 1. The Kier molecular flexibility index (Phi) is 6.15. The number of pyridine rings is 1. The minimum Gasteiger partial charge on any atom is -0.338 e. The van der Waals surface area contributed by atoms with E-state index in [4.69, 9.17) is 11.6 Å². The molecule has 0 saturated carbocycles. The standard InChI is InChI=1S/C18H26ClN5O/c1-2-3-4-7-20-18(25)23-10-8-22(9-11-23)13-16-14-24-12-15(19)5-6-17(24)21-16/h5-6,12,14H,2-4,7-11,13H2,1H3,(H,20,25). The lowest BCUT2D eigenvalue weighted by atomic mass is 10.2. The van der Waals surface area contributed by atoms with E-state index in [1.807, 2.05) is 33.8 Å². The Hall–Kier alpha value is -1.79. The fourth-order valence-electron chi connectivity index (χ4n) is 3.11. The molecule has 6 nitrogen and oxygen atoms in total. The van der Waals surface area contributed by atoms with Crippen LogP contribution < -0.4 is 5.32 Å². The number of carbonyl (C=O) groups is 1. The van der Waals surface area contributed by atoms with Crippen LogP contribution in [0.1, 0.15) is 31.9 Å². The zero-order valence-corrected chi connectivity index (χ0v) is 15.5. The van der Waals surface area contributed by atoms with Crippen molar-refractivity contribution >= 4 is 23.3 Å². The van der Waals surface area contributed by atoms with Crippen LogP contribution in [-0.4, -0.2) is 57.9 Å². The number of nitrogens with one attached hydrogen (secondary N) is 1. The van der Waals surface area contributed by atoms with Gasteiger partial charge in [0.05, 0.1) is 10.7 Å². The summed E-state index contributed by atoms with van der Waals surface area (Å²) in [6.45, 7) is 7.01. The minimum absolute atomic E-state index is 0.0677. The molecule has 1 aliphatic heterocycles. The second-order valence-electron chi connectivity index (χ2n) is 6.55. The summed E-state index contributed by atoms with van der Waals surface area (Å²) in [6.07, 6.45) is 7.28. The molecule has 2 aromatic rings. The number of halogens is 1. The molecule has 2 aromatic heterocycles. The van der Waals surface area contributed by atoms with E-state index >= 15 is 0 Å². The van der Waals surface area contributed by atoms with Crippen LogP contribution in [-0.2, 0) is 6.54 Å². The van der Waals surface area contributed by atoms with Crippen molar-refractivity contribution in [2.45, 2.75) is 32.7 Å². The Labute approximate surface area is 153 Å². The van der Waals surface area contributed by atoms with Gasteiger partial charge in [0, 0.05) is 51.7 Å². The highest BCUT2D eigenvalue weighted by atomic mass is 35.5. The van der Waals surface area contributed by atoms with Crippen LogP contribution in [0.2, 0.25) is 5.02 Å². The SMILES string of the molecule is CCCCCNC(=O)N1CCN(Cc2cn3cc(Cl)ccc3n2)CC1. The number of hydrogen-bond donors (Lipinski definition) is 1. The third-order valence-electron chi connectivity index (χ3n) is 4.57. The van der Waals surface area contributed by atoms with Crippen LogP contribution in [0.5, 0.6) is 0 Å². The van der Waals surface area contributed by atoms with E-state index in [1.54, 1.807) is 0 Å². The van der Waals surface area contributed by atoms with Crippen LogP contribution >= 0.6 is 11.6 Å². The normalized spacial score (nSPS) is 15.7. The van der Waals surface area contributed by atoms with E-state index in [-0.39, 0.29) is 6.03 Å². The number of amides is 2. The van der Waals surface area contributed by atoms with Gasteiger partial charge in [0.2, 0.25) is 0 Å². The van der Waals surface area contributed by atoms with Crippen LogP contribution in [0, 0.1) is 0 Å². The number of imidazole rings is 1. The topological polar surface area (TPSA) is 52.9 Å². The van der Waals surface area contributed by atoms with Crippen LogP contribution in [0.15, 0.2) is 24.5 Å². The highest BCUT2D eigenvalue weighted by Crippen LogP contribution is 2.14. The lowest BCUT2D eigenvalue weighted by Gasteiger charge is -2.34. The second kappa shape index (κ2) is 8.54. The smallest absolute Gasteiger partial charge is 0.317 e. The largest absolute Gasteiger partial charge is 0.338 e. The van der Waals surface area contributed by atoms with Gasteiger partial charge >= 0.3 is 6.03 Å². The predicted molar refractivity (Wildman–Crippen MR) is 100.0 cm³/mol. The summed E-state index contributed by atoms with van der Waals surface area (Å²) in [5, 5.41) is 3.72. The Morgan fingerprint density at radius 1 is 1.20 bits per heavy atom. The molecule has 0 aliphatic carbocycles. The van der Waals surface area contributed by atoms with E-state index in [0.717, 1.165) is 63.5 Å². The molecule has 0 radical (unpaired) electrons. The van der Waals surface area contributed by atoms with Gasteiger partial charge in [-0.3, -0.25) is 4.90 Å². The van der Waals surface area contributed by atoms with Gasteiger partial charge in [0.25, 0.3) is 0 Å². The third kappa shape index (κ3) is 4.86. The van der Waals surface area contributed by atoms with Crippen molar-refractivity contribution in [3.05, 3.63) is 35.2 Å². The summed E-state index contributed by atoms with van der Waals surface area (Å²) in [7, 11) is 0. The molecule has 2 amide bonds. The molecule has 136 valence electrons. The maximum Gasteiger partial charge on any atom is 0.317 e. The van der Waals surface area contributed by atoms with Crippen LogP contribution in [0.3, 0.4) is 0 Å².